The van der Waals surface area contributed by atoms with Gasteiger partial charge < -0.3 is 5.73 Å². The lowest BCUT2D eigenvalue weighted by atomic mass is 9.85. The smallest absolute Gasteiger partial charge is 0.147 e. The molecule has 2 aliphatic rings. The summed E-state index contributed by atoms with van der Waals surface area (Å²) >= 11 is 0. The highest BCUT2D eigenvalue weighted by molar-refractivity contribution is 7.90. The molecule has 1 saturated heterocycles. The Kier molecular flexibility index (Phi) is 4.34. The number of rotatable bonds is 5. The van der Waals surface area contributed by atoms with Crippen LogP contribution in [0.3, 0.4) is 0 Å². The predicted octanol–water partition coefficient (Wildman–Crippen LogP) is 1.16. The first-order valence-corrected chi connectivity index (χ1v) is 9.18. The van der Waals surface area contributed by atoms with Gasteiger partial charge in [0.2, 0.25) is 0 Å². The minimum Gasteiger partial charge on any atom is -0.326 e. The molecule has 0 bridgehead atoms. The maximum absolute atomic E-state index is 11.3. The second kappa shape index (κ2) is 5.47. The van der Waals surface area contributed by atoms with E-state index in [-0.39, 0.29) is 17.3 Å². The third-order valence-electron chi connectivity index (χ3n) is 4.70. The summed E-state index contributed by atoms with van der Waals surface area (Å²) in [5, 5.41) is 0. The van der Waals surface area contributed by atoms with Crippen molar-refractivity contribution in [2.75, 3.05) is 25.1 Å². The molecule has 0 aromatic carbocycles. The summed E-state index contributed by atoms with van der Waals surface area (Å²) in [4.78, 5) is 2.55. The van der Waals surface area contributed by atoms with Crippen molar-refractivity contribution in [3.05, 3.63) is 0 Å². The minimum absolute atomic E-state index is 0.00725. The molecule has 1 saturated carbocycles. The van der Waals surface area contributed by atoms with Crippen LogP contribution in [0, 0.1) is 0 Å². The van der Waals surface area contributed by atoms with Crippen LogP contribution in [0.5, 0.6) is 0 Å². The Hall–Kier alpha value is -0.130. The average molecular weight is 274 g/mol. The van der Waals surface area contributed by atoms with Crippen molar-refractivity contribution < 1.29 is 8.42 Å². The Balaban J connectivity index is 2.04. The molecule has 1 aliphatic heterocycles. The highest BCUT2D eigenvalue weighted by atomic mass is 32.2. The predicted molar refractivity (Wildman–Crippen MR) is 74.3 cm³/mol. The molecular weight excluding hydrogens is 248 g/mol. The van der Waals surface area contributed by atoms with Gasteiger partial charge in [-0.3, -0.25) is 4.90 Å². The maximum Gasteiger partial charge on any atom is 0.147 e. The van der Waals surface area contributed by atoms with E-state index in [1.165, 1.54) is 31.9 Å². The topological polar surface area (TPSA) is 63.4 Å². The van der Waals surface area contributed by atoms with Gasteiger partial charge in [0, 0.05) is 17.8 Å². The molecule has 2 N–H and O–H groups in total. The monoisotopic (exact) mass is 274 g/mol. The second-order valence-corrected chi connectivity index (χ2v) is 8.29. The number of nitrogens with two attached hydrogens (primary N) is 1. The molecule has 1 unspecified atom stereocenters. The lowest BCUT2D eigenvalue weighted by Crippen LogP contribution is -2.57. The summed E-state index contributed by atoms with van der Waals surface area (Å²) in [7, 11) is -2.90. The Morgan fingerprint density at radius 1 is 1.17 bits per heavy atom. The van der Waals surface area contributed by atoms with Crippen LogP contribution < -0.4 is 5.73 Å². The van der Waals surface area contributed by atoms with Crippen LogP contribution in [0.4, 0.5) is 0 Å². The Labute approximate surface area is 111 Å². The van der Waals surface area contributed by atoms with Crippen LogP contribution in [0.25, 0.3) is 0 Å². The van der Waals surface area contributed by atoms with Gasteiger partial charge in [0.25, 0.3) is 0 Å². The summed E-state index contributed by atoms with van der Waals surface area (Å²) in [5.74, 6) is 0.226. The van der Waals surface area contributed by atoms with Crippen LogP contribution in [0.2, 0.25) is 0 Å². The van der Waals surface area contributed by atoms with Crippen molar-refractivity contribution in [2.45, 2.75) is 56.5 Å². The van der Waals surface area contributed by atoms with Crippen molar-refractivity contribution in [2.24, 2.45) is 5.73 Å². The molecule has 0 aromatic heterocycles. The molecule has 0 aromatic rings. The molecule has 1 aliphatic carbocycles. The van der Waals surface area contributed by atoms with E-state index in [1.807, 2.05) is 0 Å². The summed E-state index contributed by atoms with van der Waals surface area (Å²) in [6.07, 6.45) is 9.22. The molecule has 1 atom stereocenters. The molecule has 1 heterocycles. The fraction of sp³-hybridized carbons (Fsp3) is 1.00. The van der Waals surface area contributed by atoms with Gasteiger partial charge in [-0.05, 0) is 45.2 Å². The summed E-state index contributed by atoms with van der Waals surface area (Å²) in [5.41, 5.74) is 6.49. The largest absolute Gasteiger partial charge is 0.326 e. The van der Waals surface area contributed by atoms with E-state index in [0.717, 1.165) is 25.9 Å². The lowest BCUT2D eigenvalue weighted by molar-refractivity contribution is 0.0909. The summed E-state index contributed by atoms with van der Waals surface area (Å²) < 4.78 is 22.6. The van der Waals surface area contributed by atoms with Crippen molar-refractivity contribution in [3.63, 3.8) is 0 Å². The molecule has 18 heavy (non-hydrogen) atoms. The van der Waals surface area contributed by atoms with Gasteiger partial charge in [-0.2, -0.15) is 0 Å². The van der Waals surface area contributed by atoms with Crippen molar-refractivity contribution in [3.8, 4) is 0 Å². The Bertz CT molecular complexity index is 368. The van der Waals surface area contributed by atoms with Crippen molar-refractivity contribution in [1.29, 1.82) is 0 Å². The zero-order chi connectivity index (χ0) is 13.2. The van der Waals surface area contributed by atoms with Crippen molar-refractivity contribution >= 4 is 9.84 Å². The van der Waals surface area contributed by atoms with Gasteiger partial charge in [-0.1, -0.05) is 12.8 Å². The second-order valence-electron chi connectivity index (χ2n) is 6.03. The van der Waals surface area contributed by atoms with Crippen LogP contribution in [-0.2, 0) is 9.84 Å². The first-order chi connectivity index (χ1) is 8.44. The molecule has 2 fully saturated rings. The number of nitrogens with zero attached hydrogens (tertiary/aromatic N) is 1. The van der Waals surface area contributed by atoms with E-state index >= 15 is 0 Å². The number of sulfone groups is 1. The van der Waals surface area contributed by atoms with E-state index in [2.05, 4.69) is 4.90 Å². The quantitative estimate of drug-likeness (QED) is 0.817. The van der Waals surface area contributed by atoms with Crippen LogP contribution in [-0.4, -0.2) is 50.0 Å². The number of hydrogen-bond donors (Lipinski definition) is 1. The van der Waals surface area contributed by atoms with Crippen LogP contribution in [0.1, 0.15) is 44.9 Å². The average Bonchev–Trinajstić information content (AvgIpc) is 2.95. The highest BCUT2D eigenvalue weighted by Crippen LogP contribution is 2.40. The van der Waals surface area contributed by atoms with E-state index in [0.29, 0.717) is 6.42 Å². The van der Waals surface area contributed by atoms with Crippen molar-refractivity contribution in [1.82, 2.24) is 4.90 Å². The first kappa shape index (κ1) is 14.3. The van der Waals surface area contributed by atoms with E-state index in [9.17, 15) is 8.42 Å². The van der Waals surface area contributed by atoms with Gasteiger partial charge in [-0.15, -0.1) is 0 Å². The van der Waals surface area contributed by atoms with Gasteiger partial charge in [0.05, 0.1) is 5.75 Å². The van der Waals surface area contributed by atoms with Gasteiger partial charge in [0.1, 0.15) is 9.84 Å². The molecular formula is C13H26N2O2S. The van der Waals surface area contributed by atoms with Crippen LogP contribution in [0.15, 0.2) is 0 Å². The lowest BCUT2D eigenvalue weighted by Gasteiger charge is -2.43. The van der Waals surface area contributed by atoms with E-state index < -0.39 is 9.84 Å². The molecule has 0 spiro atoms. The Morgan fingerprint density at radius 3 is 2.22 bits per heavy atom. The zero-order valence-corrected chi connectivity index (χ0v) is 12.2. The number of likely N-dealkylation sites (tertiary alicyclic amines) is 1. The third kappa shape index (κ3) is 3.06. The highest BCUT2D eigenvalue weighted by Gasteiger charge is 2.44. The SMILES string of the molecule is CS(=O)(=O)CCC(N)C1(N2CCCC2)CCCC1. The van der Waals surface area contributed by atoms with Gasteiger partial charge >= 0.3 is 0 Å². The molecule has 0 radical (unpaired) electrons. The van der Waals surface area contributed by atoms with Gasteiger partial charge in [-0.25, -0.2) is 8.42 Å². The fourth-order valence-corrected chi connectivity index (χ4v) is 4.36. The maximum atomic E-state index is 11.3. The normalized spacial score (nSPS) is 26.6. The summed E-state index contributed by atoms with van der Waals surface area (Å²) in [6.45, 7) is 2.29. The number of hydrogen-bond acceptors (Lipinski definition) is 4. The molecule has 0 amide bonds. The summed E-state index contributed by atoms with van der Waals surface area (Å²) in [6, 6.07) is 0.00725. The third-order valence-corrected chi connectivity index (χ3v) is 5.67. The standard InChI is InChI=1S/C13H26N2O2S/c1-18(16,17)11-6-12(14)13(7-2-3-8-13)15-9-4-5-10-15/h12H,2-11,14H2,1H3. The Morgan fingerprint density at radius 2 is 1.72 bits per heavy atom. The molecule has 2 rings (SSSR count). The zero-order valence-electron chi connectivity index (χ0n) is 11.4. The fourth-order valence-electron chi connectivity index (χ4n) is 3.68. The first-order valence-electron chi connectivity index (χ1n) is 7.12. The molecule has 5 heteroatoms. The van der Waals surface area contributed by atoms with Gasteiger partial charge in [0.15, 0.2) is 0 Å². The molecule has 4 nitrogen and oxygen atoms in total. The van der Waals surface area contributed by atoms with Crippen LogP contribution >= 0.6 is 0 Å². The van der Waals surface area contributed by atoms with E-state index in [1.54, 1.807) is 0 Å². The van der Waals surface area contributed by atoms with E-state index in [4.69, 9.17) is 5.73 Å². The minimum atomic E-state index is -2.90. The molecule has 106 valence electrons.